The number of fused-ring (bicyclic) bond motifs is 2. The van der Waals surface area contributed by atoms with E-state index in [1.165, 1.54) is 24.0 Å². The van der Waals surface area contributed by atoms with Crippen LogP contribution >= 0.6 is 0 Å². The Bertz CT molecular complexity index is 1050. The minimum Gasteiger partial charge on any atom is -0.351 e. The Balaban J connectivity index is 1.51. The number of piperidine rings is 1. The predicted molar refractivity (Wildman–Crippen MR) is 108 cm³/mol. The second kappa shape index (κ2) is 6.76. The summed E-state index contributed by atoms with van der Waals surface area (Å²) in [6.07, 6.45) is 6.47. The summed E-state index contributed by atoms with van der Waals surface area (Å²) in [5.41, 5.74) is 4.12. The third-order valence-corrected chi connectivity index (χ3v) is 6.27. The first-order valence-electron chi connectivity index (χ1n) is 10.4. The second-order valence-electron chi connectivity index (χ2n) is 8.32. The molecule has 4 heterocycles. The van der Waals surface area contributed by atoms with E-state index in [1.807, 2.05) is 11.0 Å². The van der Waals surface area contributed by atoms with Crippen LogP contribution in [0.25, 0.3) is 10.9 Å². The summed E-state index contributed by atoms with van der Waals surface area (Å²) in [7, 11) is 0. The van der Waals surface area contributed by atoms with Crippen LogP contribution in [0.15, 0.2) is 18.2 Å². The molecule has 3 aromatic rings. The molecule has 0 spiro atoms. The van der Waals surface area contributed by atoms with Gasteiger partial charge in [0.25, 0.3) is 5.91 Å². The van der Waals surface area contributed by atoms with Gasteiger partial charge < -0.3 is 14.5 Å². The molecule has 1 saturated heterocycles. The summed E-state index contributed by atoms with van der Waals surface area (Å²) in [4.78, 5) is 18.9. The zero-order chi connectivity index (χ0) is 19.3. The molecule has 28 heavy (non-hydrogen) atoms. The minimum atomic E-state index is 0.0230. The number of aryl methyl sites for hydroxylation is 3. The van der Waals surface area contributed by atoms with Crippen molar-refractivity contribution in [1.82, 2.24) is 24.6 Å². The molecule has 0 saturated carbocycles. The molecule has 5 rings (SSSR count). The molecule has 0 radical (unpaired) electrons. The average Bonchev–Trinajstić information content (AvgIpc) is 3.32. The molecule has 2 aliphatic heterocycles. The largest absolute Gasteiger partial charge is 0.351 e. The van der Waals surface area contributed by atoms with Crippen molar-refractivity contribution in [3.8, 4) is 0 Å². The van der Waals surface area contributed by atoms with Gasteiger partial charge in [0.2, 0.25) is 0 Å². The van der Waals surface area contributed by atoms with Crippen molar-refractivity contribution in [1.29, 1.82) is 0 Å². The maximum atomic E-state index is 13.5. The maximum Gasteiger partial charge on any atom is 0.270 e. The van der Waals surface area contributed by atoms with Crippen molar-refractivity contribution in [3.63, 3.8) is 0 Å². The Hall–Kier alpha value is -2.63. The number of carbonyl (C=O) groups excluding carboxylic acids is 1. The van der Waals surface area contributed by atoms with Crippen LogP contribution in [-0.2, 0) is 13.0 Å². The third kappa shape index (κ3) is 2.82. The number of rotatable bonds is 2. The smallest absolute Gasteiger partial charge is 0.270 e. The summed E-state index contributed by atoms with van der Waals surface area (Å²) in [5.74, 6) is 2.13. The van der Waals surface area contributed by atoms with Crippen LogP contribution in [0.5, 0.6) is 0 Å². The Kier molecular flexibility index (Phi) is 4.22. The number of likely N-dealkylation sites (tertiary alicyclic amines) is 1. The number of carbonyl (C=O) groups is 1. The molecule has 1 unspecified atom stereocenters. The number of nitrogens with zero attached hydrogens (tertiary/aromatic N) is 4. The Morgan fingerprint density at radius 1 is 1.07 bits per heavy atom. The van der Waals surface area contributed by atoms with Gasteiger partial charge in [-0.05, 0) is 69.2 Å². The van der Waals surface area contributed by atoms with Gasteiger partial charge in [-0.3, -0.25) is 4.79 Å². The standard InChI is InChI=1S/C22H27N5O/c1-14-11-15(2)16-13-18(23-17(16)12-14)22(28)26-9-5-3-7-19(26)21-25-24-20-8-4-6-10-27(20)21/h11-13,19,23H,3-10H2,1-2H3. The van der Waals surface area contributed by atoms with Crippen molar-refractivity contribution < 1.29 is 4.79 Å². The highest BCUT2D eigenvalue weighted by Gasteiger charge is 2.34. The SMILES string of the molecule is Cc1cc(C)c2cc(C(=O)N3CCCCC3c3nnc4n3CCCC4)[nH]c2c1. The lowest BCUT2D eigenvalue weighted by molar-refractivity contribution is 0.0588. The monoisotopic (exact) mass is 377 g/mol. The van der Waals surface area contributed by atoms with Gasteiger partial charge in [0.1, 0.15) is 11.5 Å². The van der Waals surface area contributed by atoms with E-state index in [4.69, 9.17) is 0 Å². The highest BCUT2D eigenvalue weighted by atomic mass is 16.2. The first kappa shape index (κ1) is 17.5. The van der Waals surface area contributed by atoms with Crippen molar-refractivity contribution in [2.24, 2.45) is 0 Å². The number of nitrogens with one attached hydrogen (secondary N) is 1. The van der Waals surface area contributed by atoms with Gasteiger partial charge in [0.05, 0.1) is 6.04 Å². The fourth-order valence-electron chi connectivity index (χ4n) is 4.89. The van der Waals surface area contributed by atoms with Gasteiger partial charge in [0, 0.05) is 30.4 Å². The molecule has 0 aliphatic carbocycles. The fourth-order valence-corrected chi connectivity index (χ4v) is 4.89. The molecule has 1 amide bonds. The normalized spacial score (nSPS) is 19.8. The van der Waals surface area contributed by atoms with E-state index < -0.39 is 0 Å². The lowest BCUT2D eigenvalue weighted by atomic mass is 10.00. The van der Waals surface area contributed by atoms with Crippen LogP contribution < -0.4 is 0 Å². The second-order valence-corrected chi connectivity index (χ2v) is 8.32. The molecule has 1 atom stereocenters. The highest BCUT2D eigenvalue weighted by molar-refractivity contribution is 5.99. The molecule has 2 aromatic heterocycles. The van der Waals surface area contributed by atoms with E-state index in [-0.39, 0.29) is 11.9 Å². The highest BCUT2D eigenvalue weighted by Crippen LogP contribution is 2.33. The molecule has 146 valence electrons. The number of aromatic amines is 1. The zero-order valence-electron chi connectivity index (χ0n) is 16.7. The minimum absolute atomic E-state index is 0.0230. The molecule has 2 aliphatic rings. The predicted octanol–water partition coefficient (Wildman–Crippen LogP) is 4.08. The van der Waals surface area contributed by atoms with Crippen LogP contribution in [0.3, 0.4) is 0 Å². The molecule has 6 heteroatoms. The number of amides is 1. The molecule has 6 nitrogen and oxygen atoms in total. The van der Waals surface area contributed by atoms with E-state index in [1.54, 1.807) is 0 Å². The van der Waals surface area contributed by atoms with E-state index in [0.717, 1.165) is 61.3 Å². The van der Waals surface area contributed by atoms with Crippen LogP contribution in [0.4, 0.5) is 0 Å². The van der Waals surface area contributed by atoms with Gasteiger partial charge in [0.15, 0.2) is 5.82 Å². The van der Waals surface area contributed by atoms with Crippen LogP contribution in [0.2, 0.25) is 0 Å². The number of benzene rings is 1. The quantitative estimate of drug-likeness (QED) is 0.732. The van der Waals surface area contributed by atoms with Gasteiger partial charge >= 0.3 is 0 Å². The summed E-state index contributed by atoms with van der Waals surface area (Å²) >= 11 is 0. The number of H-pyrrole nitrogens is 1. The lowest BCUT2D eigenvalue weighted by Crippen LogP contribution is -2.40. The molecular weight excluding hydrogens is 350 g/mol. The van der Waals surface area contributed by atoms with Crippen molar-refractivity contribution in [3.05, 3.63) is 46.7 Å². The number of hydrogen-bond acceptors (Lipinski definition) is 3. The third-order valence-electron chi connectivity index (χ3n) is 6.27. The van der Waals surface area contributed by atoms with Gasteiger partial charge in [-0.25, -0.2) is 0 Å². The fraction of sp³-hybridized carbons (Fsp3) is 0.500. The average molecular weight is 377 g/mol. The Morgan fingerprint density at radius 2 is 1.93 bits per heavy atom. The summed E-state index contributed by atoms with van der Waals surface area (Å²) in [6.45, 7) is 5.94. The molecule has 1 N–H and O–H groups in total. The van der Waals surface area contributed by atoms with E-state index in [0.29, 0.717) is 5.69 Å². The zero-order valence-corrected chi connectivity index (χ0v) is 16.7. The molecule has 1 aromatic carbocycles. The summed E-state index contributed by atoms with van der Waals surface area (Å²) in [5, 5.41) is 10.1. The van der Waals surface area contributed by atoms with Gasteiger partial charge in [-0.2, -0.15) is 0 Å². The maximum absolute atomic E-state index is 13.5. The van der Waals surface area contributed by atoms with Crippen molar-refractivity contribution in [2.75, 3.05) is 6.54 Å². The van der Waals surface area contributed by atoms with Gasteiger partial charge in [-0.15, -0.1) is 10.2 Å². The van der Waals surface area contributed by atoms with Gasteiger partial charge in [-0.1, -0.05) is 6.07 Å². The van der Waals surface area contributed by atoms with E-state index >= 15 is 0 Å². The molecule has 0 bridgehead atoms. The number of aromatic nitrogens is 4. The molecule has 1 fully saturated rings. The van der Waals surface area contributed by atoms with Crippen LogP contribution in [0, 0.1) is 13.8 Å². The van der Waals surface area contributed by atoms with Crippen LogP contribution in [-0.4, -0.2) is 37.1 Å². The van der Waals surface area contributed by atoms with E-state index in [2.05, 4.69) is 45.7 Å². The molecular formula is C22H27N5O. The Labute approximate surface area is 164 Å². The van der Waals surface area contributed by atoms with Crippen molar-refractivity contribution in [2.45, 2.75) is 65.0 Å². The van der Waals surface area contributed by atoms with Crippen LogP contribution in [0.1, 0.15) is 71.4 Å². The van der Waals surface area contributed by atoms with Crippen molar-refractivity contribution >= 4 is 16.8 Å². The topological polar surface area (TPSA) is 66.8 Å². The number of hydrogen-bond donors (Lipinski definition) is 1. The summed E-state index contributed by atoms with van der Waals surface area (Å²) < 4.78 is 2.26. The lowest BCUT2D eigenvalue weighted by Gasteiger charge is -2.35. The van der Waals surface area contributed by atoms with E-state index in [9.17, 15) is 4.79 Å². The first-order valence-corrected chi connectivity index (χ1v) is 10.4. The Morgan fingerprint density at radius 3 is 2.82 bits per heavy atom. The first-order chi connectivity index (χ1) is 13.6. The summed E-state index contributed by atoms with van der Waals surface area (Å²) in [6, 6.07) is 6.31.